The van der Waals surface area contributed by atoms with E-state index in [2.05, 4.69) is 10.1 Å². The van der Waals surface area contributed by atoms with Crippen LogP contribution >= 0.6 is 0 Å². The van der Waals surface area contributed by atoms with Crippen LogP contribution in [0.1, 0.15) is 32.8 Å². The SMILES string of the molecule is CCCn1nc(-c2ccccn2)cc(C(C)(C)N)c1=O. The van der Waals surface area contributed by atoms with Crippen molar-refractivity contribution in [1.29, 1.82) is 0 Å². The van der Waals surface area contributed by atoms with E-state index >= 15 is 0 Å². The van der Waals surface area contributed by atoms with Crippen molar-refractivity contribution in [3.05, 3.63) is 46.4 Å². The second kappa shape index (κ2) is 5.54. The quantitative estimate of drug-likeness (QED) is 0.922. The van der Waals surface area contributed by atoms with Gasteiger partial charge in [-0.25, -0.2) is 4.68 Å². The molecule has 0 aliphatic carbocycles. The van der Waals surface area contributed by atoms with Crippen molar-refractivity contribution < 1.29 is 0 Å². The van der Waals surface area contributed by atoms with Gasteiger partial charge in [0.15, 0.2) is 0 Å². The minimum atomic E-state index is -0.709. The number of nitrogens with zero attached hydrogens (tertiary/aromatic N) is 3. The van der Waals surface area contributed by atoms with E-state index in [1.807, 2.05) is 39.0 Å². The molecule has 2 aromatic heterocycles. The summed E-state index contributed by atoms with van der Waals surface area (Å²) in [6.07, 6.45) is 2.54. The van der Waals surface area contributed by atoms with Crippen LogP contribution in [0.3, 0.4) is 0 Å². The van der Waals surface area contributed by atoms with E-state index in [1.54, 1.807) is 12.3 Å². The second-order valence-corrected chi connectivity index (χ2v) is 5.41. The number of hydrogen-bond donors (Lipinski definition) is 1. The van der Waals surface area contributed by atoms with Crippen LogP contribution in [0.5, 0.6) is 0 Å². The Labute approximate surface area is 118 Å². The predicted octanol–water partition coefficient (Wildman–Crippen LogP) is 1.91. The summed E-state index contributed by atoms with van der Waals surface area (Å²) in [5.41, 5.74) is 7.24. The van der Waals surface area contributed by atoms with E-state index < -0.39 is 5.54 Å². The highest BCUT2D eigenvalue weighted by atomic mass is 16.1. The van der Waals surface area contributed by atoms with Gasteiger partial charge in [-0.05, 0) is 38.5 Å². The number of pyridine rings is 1. The lowest BCUT2D eigenvalue weighted by atomic mass is 9.96. The van der Waals surface area contributed by atoms with Gasteiger partial charge in [-0.1, -0.05) is 13.0 Å². The molecule has 0 spiro atoms. The number of nitrogens with two attached hydrogens (primary N) is 1. The monoisotopic (exact) mass is 272 g/mol. The Morgan fingerprint density at radius 3 is 2.60 bits per heavy atom. The van der Waals surface area contributed by atoms with Crippen molar-refractivity contribution in [2.24, 2.45) is 5.73 Å². The van der Waals surface area contributed by atoms with Gasteiger partial charge >= 0.3 is 0 Å². The summed E-state index contributed by atoms with van der Waals surface area (Å²) in [6, 6.07) is 7.36. The molecule has 2 N–H and O–H groups in total. The fourth-order valence-corrected chi connectivity index (χ4v) is 2.01. The zero-order valence-corrected chi connectivity index (χ0v) is 12.1. The van der Waals surface area contributed by atoms with Crippen LogP contribution in [0.25, 0.3) is 11.4 Å². The first-order chi connectivity index (χ1) is 9.43. The molecule has 5 nitrogen and oxygen atoms in total. The first-order valence-corrected chi connectivity index (χ1v) is 6.76. The Kier molecular flexibility index (Phi) is 3.99. The summed E-state index contributed by atoms with van der Waals surface area (Å²) in [7, 11) is 0. The minimum absolute atomic E-state index is 0.126. The molecule has 0 aliphatic heterocycles. The summed E-state index contributed by atoms with van der Waals surface area (Å²) < 4.78 is 1.48. The Bertz CT molecular complexity index is 641. The average molecular weight is 272 g/mol. The first kappa shape index (κ1) is 14.4. The molecule has 2 heterocycles. The molecule has 0 amide bonds. The van der Waals surface area contributed by atoms with Gasteiger partial charge in [0, 0.05) is 23.8 Å². The summed E-state index contributed by atoms with van der Waals surface area (Å²) in [5, 5.41) is 4.39. The molecule has 0 saturated carbocycles. The van der Waals surface area contributed by atoms with Gasteiger partial charge in [0.05, 0.1) is 5.69 Å². The molecule has 0 aliphatic rings. The molecule has 0 saturated heterocycles. The number of aryl methyl sites for hydroxylation is 1. The second-order valence-electron chi connectivity index (χ2n) is 5.41. The average Bonchev–Trinajstić information content (AvgIpc) is 2.41. The van der Waals surface area contributed by atoms with E-state index in [1.165, 1.54) is 4.68 Å². The molecule has 0 unspecified atom stereocenters. The molecule has 2 rings (SSSR count). The number of aromatic nitrogens is 3. The maximum atomic E-state index is 12.4. The third-order valence-corrected chi connectivity index (χ3v) is 3.03. The molecular formula is C15H20N4O. The maximum absolute atomic E-state index is 12.4. The van der Waals surface area contributed by atoms with E-state index in [9.17, 15) is 4.79 Å². The third kappa shape index (κ3) is 2.93. The lowest BCUT2D eigenvalue weighted by Gasteiger charge is -2.20. The summed E-state index contributed by atoms with van der Waals surface area (Å²) >= 11 is 0. The molecule has 5 heteroatoms. The normalized spacial score (nSPS) is 11.6. The van der Waals surface area contributed by atoms with Crippen LogP contribution in [0.15, 0.2) is 35.3 Å². The molecule has 0 atom stereocenters. The number of hydrogen-bond acceptors (Lipinski definition) is 4. The Morgan fingerprint density at radius 2 is 2.05 bits per heavy atom. The molecule has 0 fully saturated rings. The summed E-state index contributed by atoms with van der Waals surface area (Å²) in [6.45, 7) is 6.22. The summed E-state index contributed by atoms with van der Waals surface area (Å²) in [5.74, 6) is 0. The predicted molar refractivity (Wildman–Crippen MR) is 79.2 cm³/mol. The molecule has 0 bridgehead atoms. The van der Waals surface area contributed by atoms with Crippen LogP contribution < -0.4 is 11.3 Å². The van der Waals surface area contributed by atoms with Crippen LogP contribution in [0.4, 0.5) is 0 Å². The largest absolute Gasteiger partial charge is 0.322 e. The van der Waals surface area contributed by atoms with Gasteiger partial charge in [0.1, 0.15) is 5.69 Å². The van der Waals surface area contributed by atoms with Gasteiger partial charge in [-0.2, -0.15) is 5.10 Å². The lowest BCUT2D eigenvalue weighted by molar-refractivity contribution is 0.507. The van der Waals surface area contributed by atoms with E-state index in [0.717, 1.165) is 12.1 Å². The standard InChI is InChI=1S/C15H20N4O/c1-4-9-19-14(20)11(15(2,3)16)10-13(18-19)12-7-5-6-8-17-12/h5-8,10H,4,9,16H2,1-3H3. The van der Waals surface area contributed by atoms with Crippen molar-refractivity contribution in [1.82, 2.24) is 14.8 Å². The minimum Gasteiger partial charge on any atom is -0.322 e. The van der Waals surface area contributed by atoms with Gasteiger partial charge in [-0.15, -0.1) is 0 Å². The van der Waals surface area contributed by atoms with Crippen molar-refractivity contribution in [3.8, 4) is 11.4 Å². The highest BCUT2D eigenvalue weighted by molar-refractivity contribution is 5.54. The highest BCUT2D eigenvalue weighted by Gasteiger charge is 2.21. The zero-order chi connectivity index (χ0) is 14.8. The Morgan fingerprint density at radius 1 is 1.30 bits per heavy atom. The van der Waals surface area contributed by atoms with E-state index in [4.69, 9.17) is 5.73 Å². The molecule has 0 radical (unpaired) electrons. The fourth-order valence-electron chi connectivity index (χ4n) is 2.01. The summed E-state index contributed by atoms with van der Waals surface area (Å²) in [4.78, 5) is 16.7. The highest BCUT2D eigenvalue weighted by Crippen LogP contribution is 2.18. The van der Waals surface area contributed by atoms with Gasteiger partial charge in [0.2, 0.25) is 0 Å². The third-order valence-electron chi connectivity index (χ3n) is 3.03. The van der Waals surface area contributed by atoms with Gasteiger partial charge in [0.25, 0.3) is 5.56 Å². The van der Waals surface area contributed by atoms with Crippen LogP contribution in [-0.4, -0.2) is 14.8 Å². The van der Waals surface area contributed by atoms with Gasteiger partial charge in [-0.3, -0.25) is 9.78 Å². The Hall–Kier alpha value is -2.01. The van der Waals surface area contributed by atoms with Crippen LogP contribution in [0, 0.1) is 0 Å². The van der Waals surface area contributed by atoms with E-state index in [-0.39, 0.29) is 5.56 Å². The van der Waals surface area contributed by atoms with E-state index in [0.29, 0.717) is 17.8 Å². The maximum Gasteiger partial charge on any atom is 0.271 e. The van der Waals surface area contributed by atoms with Crippen LogP contribution in [-0.2, 0) is 12.1 Å². The lowest BCUT2D eigenvalue weighted by Crippen LogP contribution is -2.39. The molecule has 2 aromatic rings. The molecule has 20 heavy (non-hydrogen) atoms. The molecule has 0 aromatic carbocycles. The van der Waals surface area contributed by atoms with Crippen molar-refractivity contribution in [2.45, 2.75) is 39.3 Å². The number of rotatable bonds is 4. The first-order valence-electron chi connectivity index (χ1n) is 6.76. The van der Waals surface area contributed by atoms with Crippen molar-refractivity contribution in [2.75, 3.05) is 0 Å². The molecule has 106 valence electrons. The topological polar surface area (TPSA) is 73.8 Å². The zero-order valence-electron chi connectivity index (χ0n) is 12.1. The molecular weight excluding hydrogens is 252 g/mol. The van der Waals surface area contributed by atoms with Crippen molar-refractivity contribution in [3.63, 3.8) is 0 Å². The van der Waals surface area contributed by atoms with Crippen molar-refractivity contribution >= 4 is 0 Å². The van der Waals surface area contributed by atoms with Gasteiger partial charge < -0.3 is 5.73 Å². The fraction of sp³-hybridized carbons (Fsp3) is 0.400. The Balaban J connectivity index is 2.65. The van der Waals surface area contributed by atoms with Crippen LogP contribution in [0.2, 0.25) is 0 Å². The smallest absolute Gasteiger partial charge is 0.271 e.